The van der Waals surface area contributed by atoms with Crippen LogP contribution >= 0.6 is 0 Å². The number of ether oxygens (including phenoxy) is 1. The van der Waals surface area contributed by atoms with Crippen molar-refractivity contribution in [2.24, 2.45) is 0 Å². The summed E-state index contributed by atoms with van der Waals surface area (Å²) in [4.78, 5) is 2.44. The van der Waals surface area contributed by atoms with Gasteiger partial charge in [0.1, 0.15) is 5.75 Å². The third-order valence-corrected chi connectivity index (χ3v) is 5.98. The Bertz CT molecular complexity index is 985. The maximum absolute atomic E-state index is 5.65. The summed E-state index contributed by atoms with van der Waals surface area (Å²) < 4.78 is 8.09. The Balaban J connectivity index is 1.95. The van der Waals surface area contributed by atoms with E-state index in [1.807, 2.05) is 6.92 Å². The van der Waals surface area contributed by atoms with Crippen LogP contribution in [0.15, 0.2) is 24.3 Å². The van der Waals surface area contributed by atoms with E-state index in [-0.39, 0.29) is 0 Å². The van der Waals surface area contributed by atoms with Gasteiger partial charge in [-0.25, -0.2) is 0 Å². The number of piperidine rings is 1. The maximum atomic E-state index is 5.65. The van der Waals surface area contributed by atoms with Crippen molar-refractivity contribution in [2.75, 3.05) is 24.6 Å². The van der Waals surface area contributed by atoms with Gasteiger partial charge in [-0.15, -0.1) is 5.10 Å². The minimum absolute atomic E-state index is 0.683. The Morgan fingerprint density at radius 3 is 2.14 bits per heavy atom. The highest BCUT2D eigenvalue weighted by Gasteiger charge is 2.25. The molecule has 1 aliphatic rings. The normalized spacial score (nSPS) is 14.6. The van der Waals surface area contributed by atoms with Gasteiger partial charge in [-0.05, 0) is 70.2 Å². The molecule has 29 heavy (non-hydrogen) atoms. The molecular weight excluding hydrogens is 360 g/mol. The van der Waals surface area contributed by atoms with Crippen LogP contribution in [0.25, 0.3) is 16.5 Å². The van der Waals surface area contributed by atoms with Crippen molar-refractivity contribution in [1.29, 1.82) is 0 Å². The van der Waals surface area contributed by atoms with Gasteiger partial charge in [0.15, 0.2) is 5.82 Å². The second kappa shape index (κ2) is 8.44. The van der Waals surface area contributed by atoms with E-state index in [1.54, 1.807) is 0 Å². The molecule has 1 aliphatic heterocycles. The number of hydrogen-bond donors (Lipinski definition) is 0. The first-order valence-corrected chi connectivity index (χ1v) is 11.1. The Morgan fingerprint density at radius 2 is 1.52 bits per heavy atom. The molecule has 0 N–H and O–H groups in total. The number of benzene rings is 1. The molecular formula is C24H32N4O. The number of nitrogens with zero attached hydrogens (tertiary/aromatic N) is 4. The van der Waals surface area contributed by atoms with E-state index in [2.05, 4.69) is 59.6 Å². The van der Waals surface area contributed by atoms with Crippen molar-refractivity contribution in [3.8, 4) is 11.4 Å². The van der Waals surface area contributed by atoms with E-state index in [4.69, 9.17) is 9.84 Å². The first-order valence-electron chi connectivity index (χ1n) is 11.1. The van der Waals surface area contributed by atoms with Crippen molar-refractivity contribution in [3.63, 3.8) is 0 Å². The Kier molecular flexibility index (Phi) is 5.74. The average Bonchev–Trinajstić information content (AvgIpc) is 3.10. The Hall–Kier alpha value is -2.56. The zero-order valence-electron chi connectivity index (χ0n) is 18.2. The average molecular weight is 393 g/mol. The predicted molar refractivity (Wildman–Crippen MR) is 120 cm³/mol. The summed E-state index contributed by atoms with van der Waals surface area (Å²) in [6.45, 7) is 11.4. The van der Waals surface area contributed by atoms with Gasteiger partial charge in [-0.2, -0.15) is 5.10 Å². The summed E-state index contributed by atoms with van der Waals surface area (Å²) in [6.07, 6.45) is 5.69. The summed E-state index contributed by atoms with van der Waals surface area (Å²) >= 11 is 0. The number of aryl methyl sites for hydroxylation is 3. The molecule has 0 amide bonds. The van der Waals surface area contributed by atoms with Crippen LogP contribution in [-0.2, 0) is 12.8 Å². The van der Waals surface area contributed by atoms with Crippen LogP contribution < -0.4 is 9.64 Å². The second-order valence-corrected chi connectivity index (χ2v) is 7.77. The quantitative estimate of drug-likeness (QED) is 0.575. The molecule has 0 aliphatic carbocycles. The van der Waals surface area contributed by atoms with Crippen molar-refractivity contribution < 1.29 is 4.74 Å². The van der Waals surface area contributed by atoms with Crippen molar-refractivity contribution in [2.45, 2.75) is 59.8 Å². The lowest BCUT2D eigenvalue weighted by atomic mass is 10.1. The van der Waals surface area contributed by atoms with E-state index in [1.165, 1.54) is 47.1 Å². The Labute approximate surface area is 173 Å². The minimum atomic E-state index is 0.683. The highest BCUT2D eigenvalue weighted by Crippen LogP contribution is 2.37. The molecule has 154 valence electrons. The minimum Gasteiger partial charge on any atom is -0.494 e. The highest BCUT2D eigenvalue weighted by molar-refractivity contribution is 5.99. The van der Waals surface area contributed by atoms with Gasteiger partial charge in [0.05, 0.1) is 12.3 Å². The van der Waals surface area contributed by atoms with Gasteiger partial charge in [-0.3, -0.25) is 0 Å². The van der Waals surface area contributed by atoms with Gasteiger partial charge >= 0.3 is 0 Å². The second-order valence-electron chi connectivity index (χ2n) is 7.77. The molecule has 0 bridgehead atoms. The maximum Gasteiger partial charge on any atom is 0.161 e. The van der Waals surface area contributed by atoms with Crippen LogP contribution in [0.3, 0.4) is 0 Å². The molecule has 5 nitrogen and oxygen atoms in total. The summed E-state index contributed by atoms with van der Waals surface area (Å²) in [5.41, 5.74) is 4.87. The first-order chi connectivity index (χ1) is 14.2. The number of hydrogen-bond acceptors (Lipinski definition) is 4. The molecule has 0 radical (unpaired) electrons. The molecule has 1 saturated heterocycles. The lowest BCUT2D eigenvalue weighted by molar-refractivity contribution is 0.340. The molecule has 0 saturated carbocycles. The zero-order chi connectivity index (χ0) is 20.4. The van der Waals surface area contributed by atoms with Crippen LogP contribution in [0.2, 0.25) is 0 Å². The summed E-state index contributed by atoms with van der Waals surface area (Å²) in [6, 6.07) is 8.46. The van der Waals surface area contributed by atoms with Crippen molar-refractivity contribution in [1.82, 2.24) is 14.8 Å². The van der Waals surface area contributed by atoms with Gasteiger partial charge < -0.3 is 14.2 Å². The van der Waals surface area contributed by atoms with E-state index in [0.717, 1.165) is 43.2 Å². The first kappa shape index (κ1) is 19.7. The Morgan fingerprint density at radius 1 is 0.862 bits per heavy atom. The van der Waals surface area contributed by atoms with Crippen LogP contribution in [0.1, 0.15) is 57.1 Å². The fourth-order valence-electron chi connectivity index (χ4n) is 4.69. The molecule has 1 aromatic carbocycles. The van der Waals surface area contributed by atoms with Gasteiger partial charge in [0.2, 0.25) is 0 Å². The number of rotatable bonds is 6. The van der Waals surface area contributed by atoms with E-state index in [9.17, 15) is 0 Å². The summed E-state index contributed by atoms with van der Waals surface area (Å²) in [5.74, 6) is 1.99. The molecule has 1 fully saturated rings. The topological polar surface area (TPSA) is 43.2 Å². The molecule has 3 aromatic rings. The van der Waals surface area contributed by atoms with Gasteiger partial charge in [-0.1, -0.05) is 13.8 Å². The van der Waals surface area contributed by atoms with Crippen LogP contribution in [0.4, 0.5) is 5.82 Å². The molecule has 4 rings (SSSR count). The summed E-state index contributed by atoms with van der Waals surface area (Å²) in [5, 5.41) is 11.9. The fraction of sp³-hybridized carbons (Fsp3) is 0.500. The fourth-order valence-corrected chi connectivity index (χ4v) is 4.69. The lowest BCUT2D eigenvalue weighted by Crippen LogP contribution is -2.30. The zero-order valence-corrected chi connectivity index (χ0v) is 18.2. The largest absolute Gasteiger partial charge is 0.494 e. The molecule has 0 spiro atoms. The van der Waals surface area contributed by atoms with E-state index in [0.29, 0.717) is 6.61 Å². The number of aromatic nitrogens is 3. The highest BCUT2D eigenvalue weighted by atomic mass is 16.5. The monoisotopic (exact) mass is 392 g/mol. The predicted octanol–water partition coefficient (Wildman–Crippen LogP) is 5.24. The van der Waals surface area contributed by atoms with Crippen molar-refractivity contribution >= 4 is 16.6 Å². The third kappa shape index (κ3) is 3.47. The number of anilines is 1. The van der Waals surface area contributed by atoms with E-state index < -0.39 is 0 Å². The molecule has 5 heteroatoms. The standard InChI is InChI=1S/C24H32N4O/c1-5-20-22-17(4)25-26-24(27-15-9-8-10-16-27)23(22)21(6-2)28(20)18-11-13-19(14-12-18)29-7-3/h11-14H,5-10,15-16H2,1-4H3. The van der Waals surface area contributed by atoms with Gasteiger partial charge in [0.25, 0.3) is 0 Å². The molecule has 0 unspecified atom stereocenters. The smallest absolute Gasteiger partial charge is 0.161 e. The molecule has 2 aromatic heterocycles. The van der Waals surface area contributed by atoms with Crippen molar-refractivity contribution in [3.05, 3.63) is 41.3 Å². The van der Waals surface area contributed by atoms with Crippen LogP contribution in [-0.4, -0.2) is 34.5 Å². The number of fused-ring (bicyclic) bond motifs is 1. The van der Waals surface area contributed by atoms with Crippen LogP contribution in [0, 0.1) is 6.92 Å². The van der Waals surface area contributed by atoms with E-state index >= 15 is 0 Å². The van der Waals surface area contributed by atoms with Gasteiger partial charge in [0, 0.05) is 40.9 Å². The van der Waals surface area contributed by atoms with Crippen LogP contribution in [0.5, 0.6) is 5.75 Å². The third-order valence-electron chi connectivity index (χ3n) is 5.98. The molecule has 0 atom stereocenters. The SMILES string of the molecule is CCOc1ccc(-n2c(CC)c3c(C)nnc(N4CCCCC4)c3c2CC)cc1. The molecule has 3 heterocycles. The lowest BCUT2D eigenvalue weighted by Gasteiger charge is -2.28. The summed E-state index contributed by atoms with van der Waals surface area (Å²) in [7, 11) is 0.